The third-order valence-corrected chi connectivity index (χ3v) is 4.00. The molecule has 0 aliphatic heterocycles. The van der Waals surface area contributed by atoms with Crippen molar-refractivity contribution in [2.24, 2.45) is 7.05 Å². The molecular formula is C12H16ClN3S. The smallest absolute Gasteiger partial charge is 0.0837 e. The second-order valence-corrected chi connectivity index (χ2v) is 5.15. The molecule has 17 heavy (non-hydrogen) atoms. The molecule has 0 aromatic carbocycles. The van der Waals surface area contributed by atoms with Gasteiger partial charge in [-0.1, -0.05) is 18.5 Å². The molecule has 0 radical (unpaired) electrons. The van der Waals surface area contributed by atoms with Crippen molar-refractivity contribution in [2.45, 2.75) is 19.9 Å². The lowest BCUT2D eigenvalue weighted by Gasteiger charge is -2.19. The summed E-state index contributed by atoms with van der Waals surface area (Å²) in [4.78, 5) is 0. The van der Waals surface area contributed by atoms with Crippen molar-refractivity contribution in [2.75, 3.05) is 6.54 Å². The van der Waals surface area contributed by atoms with Crippen LogP contribution in [0.25, 0.3) is 0 Å². The Morgan fingerprint density at radius 2 is 2.29 bits per heavy atom. The van der Waals surface area contributed by atoms with Gasteiger partial charge in [-0.05, 0) is 35.4 Å². The number of rotatable bonds is 4. The summed E-state index contributed by atoms with van der Waals surface area (Å²) in [6.45, 7) is 5.11. The van der Waals surface area contributed by atoms with E-state index < -0.39 is 0 Å². The Morgan fingerprint density at radius 3 is 2.76 bits per heavy atom. The maximum atomic E-state index is 6.22. The Labute approximate surface area is 110 Å². The van der Waals surface area contributed by atoms with Crippen molar-refractivity contribution in [3.05, 3.63) is 38.8 Å². The van der Waals surface area contributed by atoms with Crippen LogP contribution in [0.5, 0.6) is 0 Å². The molecule has 92 valence electrons. The summed E-state index contributed by atoms with van der Waals surface area (Å²) in [6.07, 6.45) is 1.70. The van der Waals surface area contributed by atoms with Crippen LogP contribution in [0.4, 0.5) is 0 Å². The van der Waals surface area contributed by atoms with Gasteiger partial charge >= 0.3 is 0 Å². The topological polar surface area (TPSA) is 29.9 Å². The van der Waals surface area contributed by atoms with Gasteiger partial charge in [-0.2, -0.15) is 16.4 Å². The molecule has 1 unspecified atom stereocenters. The molecule has 0 spiro atoms. The summed E-state index contributed by atoms with van der Waals surface area (Å²) < 4.78 is 1.84. The third kappa shape index (κ3) is 2.39. The summed E-state index contributed by atoms with van der Waals surface area (Å²) in [6, 6.07) is 0.117. The number of nitrogens with one attached hydrogen (secondary N) is 1. The van der Waals surface area contributed by atoms with E-state index in [2.05, 4.69) is 35.0 Å². The standard InChI is InChI=1S/C12H16ClN3S/c1-4-14-11(9-7-17-6-8(9)2)12-10(13)5-15-16(12)3/h5-7,11,14H,4H2,1-3H3. The van der Waals surface area contributed by atoms with Crippen molar-refractivity contribution < 1.29 is 0 Å². The Kier molecular flexibility index (Phi) is 3.86. The Hall–Kier alpha value is -0.840. The van der Waals surface area contributed by atoms with Crippen LogP contribution in [-0.4, -0.2) is 16.3 Å². The van der Waals surface area contributed by atoms with E-state index in [1.807, 2.05) is 11.7 Å². The zero-order chi connectivity index (χ0) is 12.4. The number of hydrogen-bond acceptors (Lipinski definition) is 3. The van der Waals surface area contributed by atoms with Crippen molar-refractivity contribution in [3.63, 3.8) is 0 Å². The van der Waals surface area contributed by atoms with Gasteiger partial charge in [-0.25, -0.2) is 0 Å². The number of nitrogens with zero attached hydrogens (tertiary/aromatic N) is 2. The average Bonchev–Trinajstić information content (AvgIpc) is 2.84. The highest BCUT2D eigenvalue weighted by Crippen LogP contribution is 2.31. The van der Waals surface area contributed by atoms with Gasteiger partial charge in [-0.15, -0.1) is 0 Å². The van der Waals surface area contributed by atoms with E-state index in [9.17, 15) is 0 Å². The van der Waals surface area contributed by atoms with Crippen molar-refractivity contribution >= 4 is 22.9 Å². The Bertz CT molecular complexity index is 484. The highest BCUT2D eigenvalue weighted by Gasteiger charge is 2.21. The van der Waals surface area contributed by atoms with E-state index in [0.29, 0.717) is 5.02 Å². The predicted octanol–water partition coefficient (Wildman–Crippen LogP) is 3.14. The third-order valence-electron chi connectivity index (χ3n) is 2.83. The molecule has 2 rings (SSSR count). The lowest BCUT2D eigenvalue weighted by Crippen LogP contribution is -2.24. The molecule has 2 aromatic heterocycles. The van der Waals surface area contributed by atoms with Gasteiger partial charge in [0.15, 0.2) is 0 Å². The van der Waals surface area contributed by atoms with Crippen molar-refractivity contribution in [3.8, 4) is 0 Å². The lowest BCUT2D eigenvalue weighted by atomic mass is 10.0. The summed E-state index contributed by atoms with van der Waals surface area (Å²) in [5.74, 6) is 0. The van der Waals surface area contributed by atoms with E-state index in [1.54, 1.807) is 17.5 Å². The molecule has 0 amide bonds. The van der Waals surface area contributed by atoms with E-state index in [-0.39, 0.29) is 6.04 Å². The first-order valence-electron chi connectivity index (χ1n) is 5.58. The fourth-order valence-electron chi connectivity index (χ4n) is 1.97. The largest absolute Gasteiger partial charge is 0.305 e. The Morgan fingerprint density at radius 1 is 1.53 bits per heavy atom. The van der Waals surface area contributed by atoms with E-state index in [4.69, 9.17) is 11.6 Å². The lowest BCUT2D eigenvalue weighted by molar-refractivity contribution is 0.572. The van der Waals surface area contributed by atoms with Crippen molar-refractivity contribution in [1.82, 2.24) is 15.1 Å². The summed E-state index contributed by atoms with van der Waals surface area (Å²) in [7, 11) is 1.92. The van der Waals surface area contributed by atoms with Crippen molar-refractivity contribution in [1.29, 1.82) is 0 Å². The fraction of sp³-hybridized carbons (Fsp3) is 0.417. The molecular weight excluding hydrogens is 254 g/mol. The minimum Gasteiger partial charge on any atom is -0.305 e. The van der Waals surface area contributed by atoms with Crippen LogP contribution >= 0.6 is 22.9 Å². The number of aromatic nitrogens is 2. The molecule has 1 N–H and O–H groups in total. The van der Waals surface area contributed by atoms with E-state index >= 15 is 0 Å². The molecule has 0 fully saturated rings. The highest BCUT2D eigenvalue weighted by molar-refractivity contribution is 7.08. The first-order valence-corrected chi connectivity index (χ1v) is 6.90. The highest BCUT2D eigenvalue weighted by atomic mass is 35.5. The average molecular weight is 270 g/mol. The van der Waals surface area contributed by atoms with E-state index in [1.165, 1.54) is 11.1 Å². The number of hydrogen-bond donors (Lipinski definition) is 1. The van der Waals surface area contributed by atoms with Crippen LogP contribution in [0.1, 0.15) is 29.8 Å². The maximum absolute atomic E-state index is 6.22. The van der Waals surface area contributed by atoms with Gasteiger partial charge in [0.05, 0.1) is 23.0 Å². The van der Waals surface area contributed by atoms with Gasteiger partial charge in [-0.3, -0.25) is 4.68 Å². The molecule has 0 saturated carbocycles. The summed E-state index contributed by atoms with van der Waals surface area (Å²) in [5, 5.41) is 12.7. The quantitative estimate of drug-likeness (QED) is 0.924. The molecule has 1 atom stereocenters. The molecule has 0 aliphatic carbocycles. The number of thiophene rings is 1. The molecule has 0 bridgehead atoms. The molecule has 0 aliphatic rings. The summed E-state index contributed by atoms with van der Waals surface area (Å²) in [5.41, 5.74) is 3.59. The summed E-state index contributed by atoms with van der Waals surface area (Å²) >= 11 is 7.94. The predicted molar refractivity (Wildman–Crippen MR) is 72.8 cm³/mol. The van der Waals surface area contributed by atoms with E-state index in [0.717, 1.165) is 12.2 Å². The van der Waals surface area contributed by atoms with Gasteiger partial charge in [0.25, 0.3) is 0 Å². The SMILES string of the molecule is CCNC(c1cscc1C)c1c(Cl)cnn1C. The Balaban J connectivity index is 2.46. The van der Waals surface area contributed by atoms with Crippen LogP contribution in [0.3, 0.4) is 0 Å². The molecule has 3 nitrogen and oxygen atoms in total. The fourth-order valence-corrected chi connectivity index (χ4v) is 3.12. The van der Waals surface area contributed by atoms with Crippen LogP contribution in [0.2, 0.25) is 5.02 Å². The van der Waals surface area contributed by atoms with Gasteiger partial charge in [0.1, 0.15) is 0 Å². The molecule has 2 heterocycles. The number of halogens is 1. The second-order valence-electron chi connectivity index (χ2n) is 4.00. The van der Waals surface area contributed by atoms with Crippen LogP contribution in [0.15, 0.2) is 17.0 Å². The minimum absolute atomic E-state index is 0.117. The number of aryl methyl sites for hydroxylation is 2. The molecule has 2 aromatic rings. The second kappa shape index (κ2) is 5.21. The maximum Gasteiger partial charge on any atom is 0.0837 e. The zero-order valence-corrected chi connectivity index (χ0v) is 11.8. The van der Waals surface area contributed by atoms with Gasteiger partial charge in [0.2, 0.25) is 0 Å². The normalized spacial score (nSPS) is 12.9. The minimum atomic E-state index is 0.117. The van der Waals surface area contributed by atoms with Crippen LogP contribution in [-0.2, 0) is 7.05 Å². The zero-order valence-electron chi connectivity index (χ0n) is 10.2. The first-order chi connectivity index (χ1) is 8.15. The monoisotopic (exact) mass is 269 g/mol. The molecule has 5 heteroatoms. The van der Waals surface area contributed by atoms with Crippen LogP contribution < -0.4 is 5.32 Å². The van der Waals surface area contributed by atoms with Crippen LogP contribution in [0, 0.1) is 6.92 Å². The van der Waals surface area contributed by atoms with Gasteiger partial charge < -0.3 is 5.32 Å². The first kappa shape index (κ1) is 12.6. The van der Waals surface area contributed by atoms with Gasteiger partial charge in [0, 0.05) is 7.05 Å². The molecule has 0 saturated heterocycles.